The third kappa shape index (κ3) is 3.04. The molecular weight excluding hydrogens is 390 g/mol. The summed E-state index contributed by atoms with van der Waals surface area (Å²) in [6.45, 7) is 0.132. The standard InChI is InChI=1S/C17H15N3O5S2/c21-27(22,20-11-4-5-12-13(8-11)24-9-23-12)15-7-6-14(26-15)17-19-18-16(25-17)10-2-1-3-10/h4-8,10,20H,1-3,9H2. The second-order valence-electron chi connectivity index (χ2n) is 6.37. The average Bonchev–Trinajstić information content (AvgIpc) is 3.32. The van der Waals surface area contributed by atoms with Crippen LogP contribution in [-0.2, 0) is 10.0 Å². The lowest BCUT2D eigenvalue weighted by Crippen LogP contribution is -2.11. The predicted molar refractivity (Wildman–Crippen MR) is 97.6 cm³/mol. The first kappa shape index (κ1) is 16.6. The number of rotatable bonds is 5. The Morgan fingerprint density at radius 3 is 2.74 bits per heavy atom. The molecule has 0 radical (unpaired) electrons. The molecule has 27 heavy (non-hydrogen) atoms. The molecule has 0 bridgehead atoms. The fourth-order valence-corrected chi connectivity index (χ4v) is 5.18. The summed E-state index contributed by atoms with van der Waals surface area (Å²) in [5.74, 6) is 2.42. The predicted octanol–water partition coefficient (Wildman–Crippen LogP) is 3.60. The van der Waals surface area contributed by atoms with Crippen molar-refractivity contribution >= 4 is 27.0 Å². The summed E-state index contributed by atoms with van der Waals surface area (Å²) in [5, 5.41) is 8.14. The lowest BCUT2D eigenvalue weighted by atomic mass is 9.85. The summed E-state index contributed by atoms with van der Waals surface area (Å²) < 4.78 is 44.3. The highest BCUT2D eigenvalue weighted by atomic mass is 32.2. The average molecular weight is 405 g/mol. The number of sulfonamides is 1. The van der Waals surface area contributed by atoms with Crippen LogP contribution in [0.5, 0.6) is 11.5 Å². The van der Waals surface area contributed by atoms with E-state index in [0.717, 1.165) is 24.2 Å². The number of nitrogens with one attached hydrogen (secondary N) is 1. The molecule has 10 heteroatoms. The maximum Gasteiger partial charge on any atom is 0.271 e. The summed E-state index contributed by atoms with van der Waals surface area (Å²) in [4.78, 5) is 0.624. The van der Waals surface area contributed by atoms with Crippen LogP contribution >= 0.6 is 11.3 Å². The number of hydrogen-bond acceptors (Lipinski definition) is 8. The normalized spacial score (nSPS) is 16.3. The lowest BCUT2D eigenvalue weighted by molar-refractivity contribution is 0.174. The van der Waals surface area contributed by atoms with Gasteiger partial charge in [0.1, 0.15) is 4.21 Å². The van der Waals surface area contributed by atoms with Gasteiger partial charge in [0, 0.05) is 12.0 Å². The number of fused-ring (bicyclic) bond motifs is 1. The Bertz CT molecular complexity index is 1100. The second-order valence-corrected chi connectivity index (χ2v) is 9.36. The molecule has 1 aliphatic carbocycles. The number of thiophene rings is 1. The van der Waals surface area contributed by atoms with Crippen molar-refractivity contribution in [1.82, 2.24) is 10.2 Å². The van der Waals surface area contributed by atoms with Crippen molar-refractivity contribution in [3.05, 3.63) is 36.2 Å². The Balaban J connectivity index is 1.37. The topological polar surface area (TPSA) is 104 Å². The first-order valence-electron chi connectivity index (χ1n) is 8.44. The van der Waals surface area contributed by atoms with Crippen molar-refractivity contribution in [3.63, 3.8) is 0 Å². The zero-order chi connectivity index (χ0) is 18.4. The van der Waals surface area contributed by atoms with Crippen LogP contribution in [0.4, 0.5) is 5.69 Å². The summed E-state index contributed by atoms with van der Waals surface area (Å²) in [6.07, 6.45) is 3.30. The van der Waals surface area contributed by atoms with Crippen molar-refractivity contribution in [1.29, 1.82) is 0 Å². The van der Waals surface area contributed by atoms with Gasteiger partial charge >= 0.3 is 0 Å². The molecule has 140 valence electrons. The fraction of sp³-hybridized carbons (Fsp3) is 0.294. The molecule has 1 fully saturated rings. The van der Waals surface area contributed by atoms with Crippen LogP contribution in [0.25, 0.3) is 10.8 Å². The van der Waals surface area contributed by atoms with Gasteiger partial charge in [-0.1, -0.05) is 6.42 Å². The van der Waals surface area contributed by atoms with Crippen LogP contribution in [0.3, 0.4) is 0 Å². The van der Waals surface area contributed by atoms with E-state index in [9.17, 15) is 8.42 Å². The van der Waals surface area contributed by atoms with Crippen molar-refractivity contribution < 1.29 is 22.3 Å². The Morgan fingerprint density at radius 1 is 1.07 bits per heavy atom. The van der Waals surface area contributed by atoms with E-state index in [2.05, 4.69) is 14.9 Å². The van der Waals surface area contributed by atoms with Gasteiger partial charge in [0.05, 0.1) is 10.6 Å². The molecule has 2 aliphatic rings. The summed E-state index contributed by atoms with van der Waals surface area (Å²) in [7, 11) is -3.74. The molecule has 0 spiro atoms. The number of anilines is 1. The summed E-state index contributed by atoms with van der Waals surface area (Å²) >= 11 is 1.09. The quantitative estimate of drug-likeness (QED) is 0.692. The van der Waals surface area contributed by atoms with Crippen LogP contribution in [0, 0.1) is 0 Å². The minimum Gasteiger partial charge on any atom is -0.454 e. The van der Waals surface area contributed by atoms with Gasteiger partial charge in [0.2, 0.25) is 12.7 Å². The lowest BCUT2D eigenvalue weighted by Gasteiger charge is -2.20. The highest BCUT2D eigenvalue weighted by Gasteiger charge is 2.26. The van der Waals surface area contributed by atoms with Crippen LogP contribution in [0.15, 0.2) is 39.0 Å². The van der Waals surface area contributed by atoms with Crippen LogP contribution in [0.1, 0.15) is 31.1 Å². The maximum atomic E-state index is 12.7. The van der Waals surface area contributed by atoms with E-state index in [4.69, 9.17) is 13.9 Å². The highest BCUT2D eigenvalue weighted by molar-refractivity contribution is 7.94. The van der Waals surface area contributed by atoms with Crippen molar-refractivity contribution in [2.75, 3.05) is 11.5 Å². The molecule has 0 saturated heterocycles. The van der Waals surface area contributed by atoms with Crippen molar-refractivity contribution in [3.8, 4) is 22.3 Å². The molecule has 5 rings (SSSR count). The molecule has 3 heterocycles. The Morgan fingerprint density at radius 2 is 1.93 bits per heavy atom. The highest BCUT2D eigenvalue weighted by Crippen LogP contribution is 2.38. The van der Waals surface area contributed by atoms with E-state index >= 15 is 0 Å². The first-order chi connectivity index (χ1) is 13.1. The smallest absolute Gasteiger partial charge is 0.271 e. The van der Waals surface area contributed by atoms with Gasteiger partial charge in [-0.3, -0.25) is 4.72 Å². The van der Waals surface area contributed by atoms with Crippen molar-refractivity contribution in [2.45, 2.75) is 29.4 Å². The molecule has 1 aromatic carbocycles. The minimum absolute atomic E-state index is 0.132. The molecule has 8 nitrogen and oxygen atoms in total. The van der Waals surface area contributed by atoms with Gasteiger partial charge < -0.3 is 13.9 Å². The van der Waals surface area contributed by atoms with Gasteiger partial charge in [-0.2, -0.15) is 0 Å². The molecule has 1 N–H and O–H groups in total. The molecule has 2 aromatic heterocycles. The SMILES string of the molecule is O=S(=O)(Nc1ccc2c(c1)OCO2)c1ccc(-c2nnc(C3CCC3)o2)s1. The van der Waals surface area contributed by atoms with E-state index < -0.39 is 10.0 Å². The van der Waals surface area contributed by atoms with Gasteiger partial charge in [-0.25, -0.2) is 8.42 Å². The van der Waals surface area contributed by atoms with E-state index in [1.165, 1.54) is 12.5 Å². The minimum atomic E-state index is -3.74. The number of ether oxygens (including phenoxy) is 2. The molecule has 1 saturated carbocycles. The fourth-order valence-electron chi connectivity index (χ4n) is 2.90. The van der Waals surface area contributed by atoms with Gasteiger partial charge in [-0.15, -0.1) is 21.5 Å². The second kappa shape index (κ2) is 6.24. The van der Waals surface area contributed by atoms with Gasteiger partial charge in [-0.05, 0) is 37.1 Å². The van der Waals surface area contributed by atoms with E-state index in [1.807, 2.05) is 0 Å². The van der Waals surface area contributed by atoms with Crippen LogP contribution in [-0.4, -0.2) is 25.4 Å². The zero-order valence-electron chi connectivity index (χ0n) is 14.0. The Labute approximate surface area is 159 Å². The third-order valence-electron chi connectivity index (χ3n) is 4.58. The Hall–Kier alpha value is -2.59. The van der Waals surface area contributed by atoms with Gasteiger partial charge in [0.15, 0.2) is 11.5 Å². The molecule has 0 amide bonds. The maximum absolute atomic E-state index is 12.7. The van der Waals surface area contributed by atoms with E-state index in [0.29, 0.717) is 39.8 Å². The molecule has 0 unspecified atom stereocenters. The largest absolute Gasteiger partial charge is 0.454 e. The third-order valence-corrected chi connectivity index (χ3v) is 7.52. The van der Waals surface area contributed by atoms with Gasteiger partial charge in [0.25, 0.3) is 15.9 Å². The van der Waals surface area contributed by atoms with Crippen molar-refractivity contribution in [2.24, 2.45) is 0 Å². The summed E-state index contributed by atoms with van der Waals surface area (Å²) in [6, 6.07) is 8.10. The number of benzene rings is 1. The number of hydrogen-bond donors (Lipinski definition) is 1. The van der Waals surface area contributed by atoms with E-state index in [-0.39, 0.29) is 11.0 Å². The Kier molecular flexibility index (Phi) is 3.83. The zero-order valence-corrected chi connectivity index (χ0v) is 15.7. The van der Waals surface area contributed by atoms with Crippen LogP contribution < -0.4 is 14.2 Å². The number of nitrogens with zero attached hydrogens (tertiary/aromatic N) is 2. The molecule has 3 aromatic rings. The molecular formula is C17H15N3O5S2. The van der Waals surface area contributed by atoms with E-state index in [1.54, 1.807) is 24.3 Å². The monoisotopic (exact) mass is 405 g/mol. The molecule has 0 atom stereocenters. The summed E-state index contributed by atoms with van der Waals surface area (Å²) in [5.41, 5.74) is 0.402. The first-order valence-corrected chi connectivity index (χ1v) is 10.7. The molecule has 1 aliphatic heterocycles. The van der Waals surface area contributed by atoms with Crippen LogP contribution in [0.2, 0.25) is 0 Å². The number of aromatic nitrogens is 2.